The maximum Gasteiger partial charge on any atom is 0.315 e. The fraction of sp³-hybridized carbons (Fsp3) is 0.409. The van der Waals surface area contributed by atoms with Crippen LogP contribution in [0.15, 0.2) is 36.4 Å². The molecule has 136 valence electrons. The number of aryl methyl sites for hydroxylation is 1. The molecule has 1 N–H and O–H groups in total. The van der Waals surface area contributed by atoms with Crippen LogP contribution >= 0.6 is 0 Å². The minimum atomic E-state index is -0.811. The van der Waals surface area contributed by atoms with Crippen molar-refractivity contribution in [1.29, 1.82) is 0 Å². The van der Waals surface area contributed by atoms with Gasteiger partial charge in [0.05, 0.1) is 0 Å². The molecule has 0 bridgehead atoms. The summed E-state index contributed by atoms with van der Waals surface area (Å²) in [4.78, 5) is 14.6. The van der Waals surface area contributed by atoms with Gasteiger partial charge in [-0.15, -0.1) is 0 Å². The molecule has 2 aromatic carbocycles. The lowest BCUT2D eigenvalue weighted by atomic mass is 9.83. The number of carboxylic acid groups (broad SMARTS) is 1. The molecule has 4 nitrogen and oxygen atoms in total. The van der Waals surface area contributed by atoms with Crippen LogP contribution in [0.1, 0.15) is 55.2 Å². The third-order valence-electron chi connectivity index (χ3n) is 5.47. The molecular weight excluding hydrogens is 326 g/mol. The molecule has 1 atom stereocenters. The largest absolute Gasteiger partial charge is 0.481 e. The number of carbonyl (C=O) groups is 1. The first-order valence-corrected chi connectivity index (χ1v) is 9.60. The fourth-order valence-electron chi connectivity index (χ4n) is 4.15. The summed E-state index contributed by atoms with van der Waals surface area (Å²) in [5, 5.41) is 10.00. The predicted molar refractivity (Wildman–Crippen MR) is 102 cm³/mol. The van der Waals surface area contributed by atoms with E-state index in [1.165, 1.54) is 12.8 Å². The number of unbranched alkanes of at least 4 members (excludes halogenated alkanes) is 1. The lowest BCUT2D eigenvalue weighted by Crippen LogP contribution is -2.22. The first kappa shape index (κ1) is 17.0. The van der Waals surface area contributed by atoms with Gasteiger partial charge in [-0.05, 0) is 43.4 Å². The van der Waals surface area contributed by atoms with E-state index in [1.54, 1.807) is 0 Å². The van der Waals surface area contributed by atoms with Crippen molar-refractivity contribution in [3.05, 3.63) is 53.1 Å². The summed E-state index contributed by atoms with van der Waals surface area (Å²) < 4.78 is 6.19. The first-order valence-electron chi connectivity index (χ1n) is 9.60. The fourth-order valence-corrected chi connectivity index (χ4v) is 4.15. The van der Waals surface area contributed by atoms with Crippen molar-refractivity contribution in [3.8, 4) is 11.5 Å². The topological polar surface area (TPSA) is 49.8 Å². The molecular formula is C22H25NO3. The summed E-state index contributed by atoms with van der Waals surface area (Å²) in [5.74, 6) is -0.0953. The average Bonchev–Trinajstić information content (AvgIpc) is 3.18. The smallest absolute Gasteiger partial charge is 0.315 e. The minimum absolute atomic E-state index is 0.658. The normalized spacial score (nSPS) is 18.2. The van der Waals surface area contributed by atoms with E-state index < -0.39 is 11.9 Å². The van der Waals surface area contributed by atoms with Crippen molar-refractivity contribution in [2.75, 3.05) is 18.0 Å². The van der Waals surface area contributed by atoms with Crippen molar-refractivity contribution in [1.82, 2.24) is 0 Å². The Morgan fingerprint density at radius 1 is 1.19 bits per heavy atom. The molecule has 0 saturated carbocycles. The van der Waals surface area contributed by atoms with Gasteiger partial charge in [-0.2, -0.15) is 0 Å². The van der Waals surface area contributed by atoms with Gasteiger partial charge in [0.25, 0.3) is 0 Å². The highest BCUT2D eigenvalue weighted by atomic mass is 16.5. The predicted octanol–water partition coefficient (Wildman–Crippen LogP) is 4.95. The lowest BCUT2D eigenvalue weighted by Gasteiger charge is -2.30. The number of para-hydroxylation sites is 1. The van der Waals surface area contributed by atoms with Gasteiger partial charge in [-0.25, -0.2) is 0 Å². The number of ether oxygens (including phenoxy) is 1. The number of hydrogen-bond donors (Lipinski definition) is 1. The van der Waals surface area contributed by atoms with E-state index in [2.05, 4.69) is 17.9 Å². The Bertz CT molecular complexity index is 824. The van der Waals surface area contributed by atoms with E-state index in [0.717, 1.165) is 54.7 Å². The number of hydrogen-bond acceptors (Lipinski definition) is 3. The van der Waals surface area contributed by atoms with E-state index in [9.17, 15) is 9.90 Å². The van der Waals surface area contributed by atoms with Crippen LogP contribution < -0.4 is 9.64 Å². The number of anilines is 1. The Kier molecular flexibility index (Phi) is 4.58. The van der Waals surface area contributed by atoms with E-state index >= 15 is 0 Å². The SMILES string of the molecule is CCCCc1cc(N2CCCC2)cc2c1C(C(=O)O)c1ccccc1O2. The van der Waals surface area contributed by atoms with Crippen molar-refractivity contribution in [2.24, 2.45) is 0 Å². The van der Waals surface area contributed by atoms with E-state index in [-0.39, 0.29) is 0 Å². The molecule has 0 amide bonds. The molecule has 1 saturated heterocycles. The number of aliphatic carboxylic acids is 1. The lowest BCUT2D eigenvalue weighted by molar-refractivity contribution is -0.137. The summed E-state index contributed by atoms with van der Waals surface area (Å²) in [7, 11) is 0. The van der Waals surface area contributed by atoms with E-state index in [1.807, 2.05) is 30.3 Å². The molecule has 2 aliphatic rings. The second-order valence-electron chi connectivity index (χ2n) is 7.23. The van der Waals surface area contributed by atoms with Gasteiger partial charge in [-0.3, -0.25) is 4.79 Å². The monoisotopic (exact) mass is 351 g/mol. The zero-order chi connectivity index (χ0) is 18.1. The van der Waals surface area contributed by atoms with Gasteiger partial charge >= 0.3 is 5.97 Å². The third kappa shape index (κ3) is 2.94. The van der Waals surface area contributed by atoms with Crippen LogP contribution in [0.5, 0.6) is 11.5 Å². The molecule has 0 radical (unpaired) electrons. The Morgan fingerprint density at radius 2 is 1.96 bits per heavy atom. The van der Waals surface area contributed by atoms with Crippen molar-refractivity contribution in [2.45, 2.75) is 44.9 Å². The zero-order valence-electron chi connectivity index (χ0n) is 15.2. The minimum Gasteiger partial charge on any atom is -0.481 e. The summed E-state index contributed by atoms with van der Waals surface area (Å²) in [6.07, 6.45) is 5.43. The second-order valence-corrected chi connectivity index (χ2v) is 7.23. The molecule has 2 heterocycles. The third-order valence-corrected chi connectivity index (χ3v) is 5.47. The Balaban J connectivity index is 1.86. The van der Waals surface area contributed by atoms with Gasteiger partial charge in [0.15, 0.2) is 0 Å². The quantitative estimate of drug-likeness (QED) is 0.828. The molecule has 26 heavy (non-hydrogen) atoms. The number of fused-ring (bicyclic) bond motifs is 2. The molecule has 1 unspecified atom stereocenters. The van der Waals surface area contributed by atoms with Gasteiger partial charge in [0, 0.05) is 36.0 Å². The van der Waals surface area contributed by atoms with Crippen molar-refractivity contribution < 1.29 is 14.6 Å². The number of benzene rings is 2. The Labute approximate surface area is 154 Å². The molecule has 1 fully saturated rings. The van der Waals surface area contributed by atoms with Crippen LogP contribution in [0.4, 0.5) is 5.69 Å². The van der Waals surface area contributed by atoms with Crippen molar-refractivity contribution in [3.63, 3.8) is 0 Å². The highest BCUT2D eigenvalue weighted by molar-refractivity contribution is 5.85. The van der Waals surface area contributed by atoms with Gasteiger partial charge < -0.3 is 14.7 Å². The maximum atomic E-state index is 12.2. The molecule has 0 aliphatic carbocycles. The Morgan fingerprint density at radius 3 is 2.69 bits per heavy atom. The van der Waals surface area contributed by atoms with Crippen LogP contribution in [0.25, 0.3) is 0 Å². The van der Waals surface area contributed by atoms with Gasteiger partial charge in [0.2, 0.25) is 0 Å². The standard InChI is InChI=1S/C22H25NO3/c1-2-3-8-15-13-16(23-11-6-7-12-23)14-19-20(15)21(22(24)25)17-9-4-5-10-18(17)26-19/h4-5,9-10,13-14,21H,2-3,6-8,11-12H2,1H3,(H,24,25). The van der Waals surface area contributed by atoms with Crippen LogP contribution in [-0.4, -0.2) is 24.2 Å². The summed E-state index contributed by atoms with van der Waals surface area (Å²) in [6.45, 7) is 4.28. The van der Waals surface area contributed by atoms with Crippen molar-refractivity contribution >= 4 is 11.7 Å². The zero-order valence-corrected chi connectivity index (χ0v) is 15.2. The van der Waals surface area contributed by atoms with Crippen LogP contribution in [-0.2, 0) is 11.2 Å². The van der Waals surface area contributed by atoms with Crippen LogP contribution in [0, 0.1) is 0 Å². The summed E-state index contributed by atoms with van der Waals surface area (Å²) >= 11 is 0. The molecule has 0 spiro atoms. The molecule has 0 aromatic heterocycles. The van der Waals surface area contributed by atoms with Gasteiger partial charge in [-0.1, -0.05) is 31.5 Å². The number of rotatable bonds is 5. The summed E-state index contributed by atoms with van der Waals surface area (Å²) in [5.41, 5.74) is 3.87. The molecule has 4 heteroatoms. The summed E-state index contributed by atoms with van der Waals surface area (Å²) in [6, 6.07) is 11.8. The number of carboxylic acids is 1. The van der Waals surface area contributed by atoms with Gasteiger partial charge in [0.1, 0.15) is 17.4 Å². The molecule has 2 aliphatic heterocycles. The highest BCUT2D eigenvalue weighted by Crippen LogP contribution is 2.47. The second kappa shape index (κ2) is 7.02. The average molecular weight is 351 g/mol. The van der Waals surface area contributed by atoms with E-state index in [4.69, 9.17) is 4.74 Å². The first-order chi connectivity index (χ1) is 12.7. The molecule has 4 rings (SSSR count). The Hall–Kier alpha value is -2.49. The molecule has 2 aromatic rings. The van der Waals surface area contributed by atoms with Crippen LogP contribution in [0.2, 0.25) is 0 Å². The van der Waals surface area contributed by atoms with E-state index in [0.29, 0.717) is 11.5 Å². The number of nitrogens with zero attached hydrogens (tertiary/aromatic N) is 1. The van der Waals surface area contributed by atoms with Crippen LogP contribution in [0.3, 0.4) is 0 Å². The maximum absolute atomic E-state index is 12.2. The highest BCUT2D eigenvalue weighted by Gasteiger charge is 2.35.